The largest absolute Gasteiger partial charge is 0.477 e. The van der Waals surface area contributed by atoms with E-state index < -0.39 is 17.6 Å². The first-order valence-corrected chi connectivity index (χ1v) is 7.92. The molecule has 1 aromatic carbocycles. The normalized spacial score (nSPS) is 16.9. The molecule has 118 valence electrons. The molecule has 0 amide bonds. The highest BCUT2D eigenvalue weighted by Gasteiger charge is 2.34. The second-order valence-corrected chi connectivity index (χ2v) is 6.10. The molecule has 1 aromatic heterocycles. The lowest BCUT2D eigenvalue weighted by Gasteiger charge is -2.21. The van der Waals surface area contributed by atoms with Crippen molar-refractivity contribution in [3.63, 3.8) is 0 Å². The van der Waals surface area contributed by atoms with Crippen LogP contribution in [-0.4, -0.2) is 28.4 Å². The average Bonchev–Trinajstić information content (AvgIpc) is 2.93. The predicted octanol–water partition coefficient (Wildman–Crippen LogP) is 1.96. The first kappa shape index (κ1) is 15.5. The van der Waals surface area contributed by atoms with Crippen LogP contribution in [0.5, 0.6) is 0 Å². The number of nitrogens with zero attached hydrogens (tertiary/aromatic N) is 1. The number of hydrogen-bond donors (Lipinski definition) is 2. The standard InChI is InChI=1S/C16H13FN2O3S/c1-3-19-6-11(16(21)22)14(20)10-4-12(17)9(5-13(10)19)15-18-8(2)7-23-15/h4-7H,3H2,1-2H3,(H,21,22)/p+1. The van der Waals surface area contributed by atoms with Crippen LogP contribution >= 0.6 is 11.3 Å². The van der Waals surface area contributed by atoms with Crippen molar-refractivity contribution in [1.82, 2.24) is 4.98 Å². The fourth-order valence-electron chi connectivity index (χ4n) is 2.58. The number of fused-ring (bicyclic) bond motifs is 1. The van der Waals surface area contributed by atoms with Crippen LogP contribution in [0.2, 0.25) is 0 Å². The topological polar surface area (TPSA) is 71.7 Å². The van der Waals surface area contributed by atoms with E-state index in [-0.39, 0.29) is 11.1 Å². The first-order valence-electron chi connectivity index (χ1n) is 7.04. The summed E-state index contributed by atoms with van der Waals surface area (Å²) < 4.78 is 14.4. The van der Waals surface area contributed by atoms with Gasteiger partial charge in [0.25, 0.3) is 0 Å². The quantitative estimate of drug-likeness (QED) is 0.843. The maximum absolute atomic E-state index is 14.4. The molecule has 5 nitrogen and oxygen atoms in total. The molecule has 2 aromatic rings. The number of hydrogen-bond acceptors (Lipinski definition) is 4. The molecule has 0 radical (unpaired) electrons. The molecule has 0 saturated carbocycles. The molecule has 2 heterocycles. The molecule has 0 aliphatic carbocycles. The lowest BCUT2D eigenvalue weighted by Crippen LogP contribution is -3.03. The highest BCUT2D eigenvalue weighted by atomic mass is 32.1. The monoisotopic (exact) mass is 333 g/mol. The Hall–Kier alpha value is -2.38. The summed E-state index contributed by atoms with van der Waals surface area (Å²) in [5.41, 5.74) is 1.47. The third kappa shape index (κ3) is 2.58. The van der Waals surface area contributed by atoms with E-state index >= 15 is 0 Å². The Labute approximate surface area is 135 Å². The smallest absolute Gasteiger partial charge is 0.345 e. The van der Waals surface area contributed by atoms with Gasteiger partial charge in [0.1, 0.15) is 22.7 Å². The summed E-state index contributed by atoms with van der Waals surface area (Å²) in [4.78, 5) is 28.5. The predicted molar refractivity (Wildman–Crippen MR) is 83.5 cm³/mol. The number of benzene rings is 1. The van der Waals surface area contributed by atoms with Crippen LogP contribution < -0.4 is 4.90 Å². The van der Waals surface area contributed by atoms with E-state index in [1.807, 2.05) is 19.2 Å². The minimum atomic E-state index is -1.30. The molecular formula is C16H14FN2O3S+. The van der Waals surface area contributed by atoms with Gasteiger partial charge >= 0.3 is 5.97 Å². The van der Waals surface area contributed by atoms with Gasteiger partial charge in [-0.3, -0.25) is 9.69 Å². The van der Waals surface area contributed by atoms with Gasteiger partial charge in [-0.25, -0.2) is 14.2 Å². The number of quaternary nitrogens is 1. The third-order valence-electron chi connectivity index (χ3n) is 3.72. The van der Waals surface area contributed by atoms with Crippen LogP contribution in [0.1, 0.15) is 23.0 Å². The van der Waals surface area contributed by atoms with Gasteiger partial charge in [0, 0.05) is 17.1 Å². The fourth-order valence-corrected chi connectivity index (χ4v) is 3.40. The molecule has 0 fully saturated rings. The third-order valence-corrected chi connectivity index (χ3v) is 4.72. The highest BCUT2D eigenvalue weighted by molar-refractivity contribution is 7.13. The Morgan fingerprint density at radius 3 is 2.70 bits per heavy atom. The number of halogens is 1. The Balaban J connectivity index is 2.19. The van der Waals surface area contributed by atoms with Gasteiger partial charge in [-0.05, 0) is 19.9 Å². The van der Waals surface area contributed by atoms with Crippen molar-refractivity contribution in [3.8, 4) is 10.6 Å². The number of ketones is 1. The number of carbonyl (C=O) groups is 2. The number of thiazole rings is 1. The van der Waals surface area contributed by atoms with Gasteiger partial charge in [0.05, 0.1) is 17.7 Å². The lowest BCUT2D eigenvalue weighted by atomic mass is 9.96. The van der Waals surface area contributed by atoms with Crippen LogP contribution in [0.15, 0.2) is 29.3 Å². The van der Waals surface area contributed by atoms with E-state index in [0.29, 0.717) is 27.7 Å². The van der Waals surface area contributed by atoms with Crippen molar-refractivity contribution < 1.29 is 24.0 Å². The zero-order valence-corrected chi connectivity index (χ0v) is 13.3. The number of aliphatic carboxylic acids is 1. The molecule has 1 aliphatic heterocycles. The molecule has 1 unspecified atom stereocenters. The van der Waals surface area contributed by atoms with Crippen LogP contribution in [0.4, 0.5) is 10.1 Å². The Morgan fingerprint density at radius 2 is 2.13 bits per heavy atom. The van der Waals surface area contributed by atoms with Gasteiger partial charge in [0.15, 0.2) is 5.57 Å². The lowest BCUT2D eigenvalue weighted by molar-refractivity contribution is -0.773. The molecule has 1 aliphatic rings. The maximum atomic E-state index is 14.4. The molecule has 7 heteroatoms. The second kappa shape index (κ2) is 5.68. The molecule has 23 heavy (non-hydrogen) atoms. The molecule has 0 spiro atoms. The SMILES string of the molecule is CC[NH+]1C=C(C(=O)O)C(=O)c2cc(F)c(-c3nc(C)cs3)cc21. The van der Waals surface area contributed by atoms with E-state index in [1.165, 1.54) is 17.5 Å². The van der Waals surface area contributed by atoms with E-state index in [0.717, 1.165) is 11.8 Å². The average molecular weight is 333 g/mol. The van der Waals surface area contributed by atoms with E-state index in [2.05, 4.69) is 4.98 Å². The number of carbonyl (C=O) groups excluding carboxylic acids is 1. The number of carboxylic acids is 1. The van der Waals surface area contributed by atoms with Crippen LogP contribution in [0.25, 0.3) is 10.6 Å². The Bertz CT molecular complexity index is 857. The van der Waals surface area contributed by atoms with E-state index in [4.69, 9.17) is 5.11 Å². The summed E-state index contributed by atoms with van der Waals surface area (Å²) in [6, 6.07) is 2.71. The summed E-state index contributed by atoms with van der Waals surface area (Å²) in [6.07, 6.45) is 1.38. The summed E-state index contributed by atoms with van der Waals surface area (Å²) in [6.45, 7) is 4.23. The number of Topliss-reactive ketones (excluding diaryl/α,β-unsaturated/α-hetero) is 1. The second-order valence-electron chi connectivity index (χ2n) is 5.24. The van der Waals surface area contributed by atoms with Crippen molar-refractivity contribution in [2.24, 2.45) is 0 Å². The van der Waals surface area contributed by atoms with Crippen molar-refractivity contribution in [3.05, 3.63) is 46.4 Å². The summed E-state index contributed by atoms with van der Waals surface area (Å²) in [5.74, 6) is -2.54. The minimum Gasteiger partial charge on any atom is -0.477 e. The van der Waals surface area contributed by atoms with Crippen molar-refractivity contribution in [2.45, 2.75) is 13.8 Å². The van der Waals surface area contributed by atoms with Crippen LogP contribution in [0, 0.1) is 12.7 Å². The van der Waals surface area contributed by atoms with Crippen molar-refractivity contribution >= 4 is 28.8 Å². The fraction of sp³-hybridized carbons (Fsp3) is 0.188. The highest BCUT2D eigenvalue weighted by Crippen LogP contribution is 2.31. The molecular weight excluding hydrogens is 319 g/mol. The van der Waals surface area contributed by atoms with Crippen molar-refractivity contribution in [1.29, 1.82) is 0 Å². The Kier molecular flexibility index (Phi) is 3.83. The summed E-state index contributed by atoms with van der Waals surface area (Å²) in [7, 11) is 0. The number of aromatic nitrogens is 1. The van der Waals surface area contributed by atoms with Crippen molar-refractivity contribution in [2.75, 3.05) is 6.54 Å². The van der Waals surface area contributed by atoms with Gasteiger partial charge in [0.2, 0.25) is 5.78 Å². The van der Waals surface area contributed by atoms with Gasteiger partial charge < -0.3 is 5.11 Å². The molecule has 0 saturated heterocycles. The first-order chi connectivity index (χ1) is 10.9. The van der Waals surface area contributed by atoms with Crippen LogP contribution in [-0.2, 0) is 4.79 Å². The number of carboxylic acid groups (broad SMARTS) is 1. The van der Waals surface area contributed by atoms with Crippen LogP contribution in [0.3, 0.4) is 0 Å². The zero-order chi connectivity index (χ0) is 16.7. The summed E-state index contributed by atoms with van der Waals surface area (Å²) in [5, 5.41) is 11.5. The number of aryl methyl sites for hydroxylation is 1. The number of nitrogens with one attached hydrogen (secondary N) is 1. The summed E-state index contributed by atoms with van der Waals surface area (Å²) >= 11 is 1.33. The Morgan fingerprint density at radius 1 is 1.39 bits per heavy atom. The molecule has 0 bridgehead atoms. The van der Waals surface area contributed by atoms with E-state index in [9.17, 15) is 14.0 Å². The van der Waals surface area contributed by atoms with E-state index in [1.54, 1.807) is 6.07 Å². The van der Waals surface area contributed by atoms with Gasteiger partial charge in [-0.1, -0.05) is 0 Å². The van der Waals surface area contributed by atoms with Gasteiger partial charge in [-0.2, -0.15) is 0 Å². The number of rotatable bonds is 3. The maximum Gasteiger partial charge on any atom is 0.345 e. The molecule has 3 rings (SSSR count). The molecule has 1 atom stereocenters. The zero-order valence-electron chi connectivity index (χ0n) is 12.5. The van der Waals surface area contributed by atoms with Gasteiger partial charge in [-0.15, -0.1) is 11.3 Å². The minimum absolute atomic E-state index is 0.0938. The molecule has 2 N–H and O–H groups in total.